The Hall–Kier alpha value is -3.27. The molecule has 0 aliphatic heterocycles. The van der Waals surface area contributed by atoms with Crippen LogP contribution in [-0.2, 0) is 25.3 Å². The van der Waals surface area contributed by atoms with Gasteiger partial charge < -0.3 is 20.1 Å². The predicted molar refractivity (Wildman–Crippen MR) is 107 cm³/mol. The molecule has 0 heterocycles. The minimum Gasteiger partial charge on any atom is -0.495 e. The maximum Gasteiger partial charge on any atom is 0.416 e. The molecular weight excluding hydrogens is 441 g/mol. The molecule has 2 amide bonds. The van der Waals surface area contributed by atoms with Crippen molar-refractivity contribution in [1.82, 2.24) is 0 Å². The molecule has 0 spiro atoms. The quantitative estimate of drug-likeness (QED) is 0.576. The SMILES string of the molecule is COc1ccccc1NC(=O)COC(=O)CCC(=O)Nc1cc(C(F)(F)F)ccc1Cl. The second-order valence-corrected chi connectivity index (χ2v) is 6.56. The van der Waals surface area contributed by atoms with Crippen molar-refractivity contribution in [3.8, 4) is 5.75 Å². The molecular formula is C20H18ClF3N2O5. The van der Waals surface area contributed by atoms with Gasteiger partial charge in [0.2, 0.25) is 5.91 Å². The lowest BCUT2D eigenvalue weighted by molar-refractivity contribution is -0.147. The molecule has 0 bridgehead atoms. The summed E-state index contributed by atoms with van der Waals surface area (Å²) in [6, 6.07) is 9.12. The van der Waals surface area contributed by atoms with Crippen molar-refractivity contribution in [2.24, 2.45) is 0 Å². The Morgan fingerprint density at radius 3 is 2.32 bits per heavy atom. The van der Waals surface area contributed by atoms with Crippen LogP contribution in [-0.4, -0.2) is 31.5 Å². The van der Waals surface area contributed by atoms with E-state index in [9.17, 15) is 27.6 Å². The lowest BCUT2D eigenvalue weighted by Crippen LogP contribution is -2.22. The van der Waals surface area contributed by atoms with Crippen LogP contribution in [0.4, 0.5) is 24.5 Å². The van der Waals surface area contributed by atoms with Crippen LogP contribution >= 0.6 is 11.6 Å². The topological polar surface area (TPSA) is 93.7 Å². The van der Waals surface area contributed by atoms with E-state index in [0.29, 0.717) is 17.5 Å². The Morgan fingerprint density at radius 1 is 0.968 bits per heavy atom. The van der Waals surface area contributed by atoms with E-state index in [4.69, 9.17) is 21.1 Å². The van der Waals surface area contributed by atoms with Gasteiger partial charge in [-0.25, -0.2) is 0 Å². The summed E-state index contributed by atoms with van der Waals surface area (Å²) in [5, 5.41) is 4.64. The van der Waals surface area contributed by atoms with Gasteiger partial charge in [-0.15, -0.1) is 0 Å². The second-order valence-electron chi connectivity index (χ2n) is 6.15. The van der Waals surface area contributed by atoms with E-state index in [-0.39, 0.29) is 23.6 Å². The number of hydrogen-bond acceptors (Lipinski definition) is 5. The number of amides is 2. The number of alkyl halides is 3. The Balaban J connectivity index is 1.80. The van der Waals surface area contributed by atoms with Gasteiger partial charge in [0.25, 0.3) is 5.91 Å². The van der Waals surface area contributed by atoms with Crippen molar-refractivity contribution in [2.75, 3.05) is 24.4 Å². The monoisotopic (exact) mass is 458 g/mol. The summed E-state index contributed by atoms with van der Waals surface area (Å²) in [6.45, 7) is -0.585. The molecule has 11 heteroatoms. The Kier molecular flexibility index (Phi) is 8.26. The number of ether oxygens (including phenoxy) is 2. The number of carbonyl (C=O) groups excluding carboxylic acids is 3. The number of carbonyl (C=O) groups is 3. The van der Waals surface area contributed by atoms with Crippen LogP contribution < -0.4 is 15.4 Å². The molecule has 0 saturated heterocycles. The standard InChI is InChI=1S/C20H18ClF3N2O5/c1-30-16-5-3-2-4-14(16)25-18(28)11-31-19(29)9-8-17(27)26-15-10-12(20(22,23)24)6-7-13(15)21/h2-7,10H,8-9,11H2,1H3,(H,25,28)(H,26,27). The maximum atomic E-state index is 12.8. The maximum absolute atomic E-state index is 12.8. The average Bonchev–Trinajstić information content (AvgIpc) is 2.72. The minimum absolute atomic E-state index is 0.0862. The van der Waals surface area contributed by atoms with Gasteiger partial charge in [0.1, 0.15) is 5.75 Å². The van der Waals surface area contributed by atoms with Gasteiger partial charge in [-0.2, -0.15) is 13.2 Å². The third kappa shape index (κ3) is 7.49. The van der Waals surface area contributed by atoms with Gasteiger partial charge in [-0.05, 0) is 30.3 Å². The van der Waals surface area contributed by atoms with Gasteiger partial charge >= 0.3 is 12.1 Å². The van der Waals surface area contributed by atoms with Crippen molar-refractivity contribution in [3.63, 3.8) is 0 Å². The Bertz CT molecular complexity index is 966. The lowest BCUT2D eigenvalue weighted by atomic mass is 10.2. The third-order valence-corrected chi connectivity index (χ3v) is 4.20. The van der Waals surface area contributed by atoms with Gasteiger partial charge in [-0.1, -0.05) is 23.7 Å². The zero-order chi connectivity index (χ0) is 23.0. The summed E-state index contributed by atoms with van der Waals surface area (Å²) in [5.74, 6) is -1.76. The van der Waals surface area contributed by atoms with Gasteiger partial charge in [-0.3, -0.25) is 14.4 Å². The number of methoxy groups -OCH3 is 1. The van der Waals surface area contributed by atoms with E-state index in [1.165, 1.54) is 7.11 Å². The molecule has 2 aromatic carbocycles. The van der Waals surface area contributed by atoms with Crippen molar-refractivity contribution in [2.45, 2.75) is 19.0 Å². The number of benzene rings is 2. The fraction of sp³-hybridized carbons (Fsp3) is 0.250. The molecule has 166 valence electrons. The number of esters is 1. The van der Waals surface area contributed by atoms with Gasteiger partial charge in [0.15, 0.2) is 6.61 Å². The predicted octanol–water partition coefficient (Wildman–Crippen LogP) is 4.27. The first kappa shape index (κ1) is 24.0. The average molecular weight is 459 g/mol. The van der Waals surface area contributed by atoms with Crippen molar-refractivity contribution in [3.05, 3.63) is 53.1 Å². The van der Waals surface area contributed by atoms with Crippen LogP contribution in [0.3, 0.4) is 0 Å². The number of anilines is 2. The number of rotatable bonds is 8. The van der Waals surface area contributed by atoms with Gasteiger partial charge in [0.05, 0.1) is 35.5 Å². The second kappa shape index (κ2) is 10.7. The number of halogens is 4. The summed E-state index contributed by atoms with van der Waals surface area (Å²) >= 11 is 5.80. The summed E-state index contributed by atoms with van der Waals surface area (Å²) in [5.41, 5.74) is -0.817. The zero-order valence-corrected chi connectivity index (χ0v) is 17.0. The van der Waals surface area contributed by atoms with E-state index in [1.54, 1.807) is 24.3 Å². The molecule has 0 aromatic heterocycles. The van der Waals surface area contributed by atoms with Crippen LogP contribution in [0.1, 0.15) is 18.4 Å². The minimum atomic E-state index is -4.60. The number of para-hydroxylation sites is 2. The highest BCUT2D eigenvalue weighted by Gasteiger charge is 2.31. The van der Waals surface area contributed by atoms with E-state index in [0.717, 1.165) is 12.1 Å². The van der Waals surface area contributed by atoms with Crippen LogP contribution in [0.15, 0.2) is 42.5 Å². The normalized spacial score (nSPS) is 10.9. The van der Waals surface area contributed by atoms with E-state index in [2.05, 4.69) is 10.6 Å². The summed E-state index contributed by atoms with van der Waals surface area (Å²) in [4.78, 5) is 35.6. The van der Waals surface area contributed by atoms with Crippen molar-refractivity contribution >= 4 is 40.8 Å². The number of hydrogen-bond donors (Lipinski definition) is 2. The molecule has 0 unspecified atom stereocenters. The van der Waals surface area contributed by atoms with Crippen LogP contribution in [0.5, 0.6) is 5.75 Å². The molecule has 0 aliphatic rings. The van der Waals surface area contributed by atoms with E-state index < -0.39 is 36.1 Å². The molecule has 0 aliphatic carbocycles. The Morgan fingerprint density at radius 2 is 1.65 bits per heavy atom. The fourth-order valence-corrected chi connectivity index (χ4v) is 2.54. The highest BCUT2D eigenvalue weighted by Crippen LogP contribution is 2.33. The lowest BCUT2D eigenvalue weighted by Gasteiger charge is -2.12. The van der Waals surface area contributed by atoms with Crippen LogP contribution in [0.2, 0.25) is 5.02 Å². The third-order valence-electron chi connectivity index (χ3n) is 3.87. The van der Waals surface area contributed by atoms with Crippen LogP contribution in [0.25, 0.3) is 0 Å². The molecule has 2 rings (SSSR count). The molecule has 0 saturated carbocycles. The van der Waals surface area contributed by atoms with E-state index in [1.807, 2.05) is 0 Å². The first-order valence-corrected chi connectivity index (χ1v) is 9.23. The smallest absolute Gasteiger partial charge is 0.416 e. The molecule has 2 aromatic rings. The summed E-state index contributed by atoms with van der Waals surface area (Å²) in [6.07, 6.45) is -5.36. The van der Waals surface area contributed by atoms with Crippen LogP contribution in [0, 0.1) is 0 Å². The molecule has 0 fully saturated rings. The van der Waals surface area contributed by atoms with Crippen molar-refractivity contribution in [1.29, 1.82) is 0 Å². The number of nitrogens with one attached hydrogen (secondary N) is 2. The highest BCUT2D eigenvalue weighted by molar-refractivity contribution is 6.33. The van der Waals surface area contributed by atoms with E-state index >= 15 is 0 Å². The Labute approximate surface area is 180 Å². The molecule has 0 radical (unpaired) electrons. The highest BCUT2D eigenvalue weighted by atomic mass is 35.5. The largest absolute Gasteiger partial charge is 0.495 e. The molecule has 31 heavy (non-hydrogen) atoms. The summed E-state index contributed by atoms with van der Waals surface area (Å²) < 4.78 is 48.2. The van der Waals surface area contributed by atoms with Gasteiger partial charge in [0, 0.05) is 6.42 Å². The molecule has 7 nitrogen and oxygen atoms in total. The first-order chi connectivity index (χ1) is 14.6. The summed E-state index contributed by atoms with van der Waals surface area (Å²) in [7, 11) is 1.43. The zero-order valence-electron chi connectivity index (χ0n) is 16.2. The van der Waals surface area contributed by atoms with Crippen molar-refractivity contribution < 1.29 is 37.0 Å². The fourth-order valence-electron chi connectivity index (χ4n) is 2.38. The molecule has 0 atom stereocenters. The molecule has 2 N–H and O–H groups in total. The first-order valence-electron chi connectivity index (χ1n) is 8.85.